The van der Waals surface area contributed by atoms with Gasteiger partial charge < -0.3 is 14.8 Å². The van der Waals surface area contributed by atoms with Crippen molar-refractivity contribution in [1.82, 2.24) is 0 Å². The van der Waals surface area contributed by atoms with Crippen LogP contribution in [0.5, 0.6) is 11.5 Å². The molecule has 0 bridgehead atoms. The van der Waals surface area contributed by atoms with Crippen LogP contribution in [-0.4, -0.2) is 18.1 Å². The van der Waals surface area contributed by atoms with E-state index in [2.05, 4.69) is 11.2 Å². The van der Waals surface area contributed by atoms with Gasteiger partial charge in [0.05, 0.1) is 11.5 Å². The highest BCUT2D eigenvalue weighted by Crippen LogP contribution is 2.29. The van der Waals surface area contributed by atoms with Crippen molar-refractivity contribution in [2.45, 2.75) is 13.5 Å². The first kappa shape index (κ1) is 17.2. The van der Waals surface area contributed by atoms with Gasteiger partial charge in [0.15, 0.2) is 11.5 Å². The summed E-state index contributed by atoms with van der Waals surface area (Å²) in [6.07, 6.45) is 5.20. The molecule has 0 aliphatic rings. The highest BCUT2D eigenvalue weighted by Gasteiger charge is 2.07. The summed E-state index contributed by atoms with van der Waals surface area (Å²) >= 11 is 0. The molecule has 24 heavy (non-hydrogen) atoms. The maximum Gasteiger partial charge on any atom is 0.269 e. The predicted molar refractivity (Wildman–Crippen MR) is 92.4 cm³/mol. The molecule has 2 aromatic rings. The van der Waals surface area contributed by atoms with Gasteiger partial charge >= 0.3 is 0 Å². The van der Waals surface area contributed by atoms with Gasteiger partial charge in [-0.3, -0.25) is 10.1 Å². The monoisotopic (exact) mass is 326 g/mol. The number of terminal acetylenes is 1. The topological polar surface area (TPSA) is 73.6 Å². The lowest BCUT2D eigenvalue weighted by Crippen LogP contribution is -2.03. The summed E-state index contributed by atoms with van der Waals surface area (Å²) in [5, 5.41) is 13.9. The quantitative estimate of drug-likeness (QED) is 0.456. The number of hydrogen-bond acceptors (Lipinski definition) is 5. The van der Waals surface area contributed by atoms with Gasteiger partial charge in [-0.1, -0.05) is 12.0 Å². The van der Waals surface area contributed by atoms with Crippen LogP contribution >= 0.6 is 0 Å². The van der Waals surface area contributed by atoms with Gasteiger partial charge in [0.25, 0.3) is 5.69 Å². The van der Waals surface area contributed by atoms with Crippen LogP contribution in [0.15, 0.2) is 42.5 Å². The number of anilines is 1. The van der Waals surface area contributed by atoms with Crippen molar-refractivity contribution in [1.29, 1.82) is 0 Å². The van der Waals surface area contributed by atoms with Crippen molar-refractivity contribution < 1.29 is 14.4 Å². The van der Waals surface area contributed by atoms with Crippen LogP contribution in [0.1, 0.15) is 12.5 Å². The first-order valence-corrected chi connectivity index (χ1v) is 7.44. The van der Waals surface area contributed by atoms with E-state index < -0.39 is 4.92 Å². The molecule has 6 heteroatoms. The van der Waals surface area contributed by atoms with Gasteiger partial charge in [0, 0.05) is 24.4 Å². The van der Waals surface area contributed by atoms with E-state index in [0.29, 0.717) is 24.7 Å². The summed E-state index contributed by atoms with van der Waals surface area (Å²) in [6.45, 7) is 3.15. The second-order valence-electron chi connectivity index (χ2n) is 4.86. The number of non-ortho nitro benzene ring substituents is 1. The van der Waals surface area contributed by atoms with E-state index in [1.165, 1.54) is 12.1 Å². The van der Waals surface area contributed by atoms with E-state index in [9.17, 15) is 10.1 Å². The van der Waals surface area contributed by atoms with Crippen LogP contribution < -0.4 is 14.8 Å². The Labute approximate surface area is 140 Å². The minimum absolute atomic E-state index is 0.0641. The molecule has 0 saturated carbocycles. The minimum atomic E-state index is -0.424. The van der Waals surface area contributed by atoms with Gasteiger partial charge in [0.2, 0.25) is 0 Å². The SMILES string of the molecule is C#CCOc1ccc(CNc2ccc([N+](=O)[O-])cc2)cc1OCC. The lowest BCUT2D eigenvalue weighted by Gasteiger charge is -2.13. The number of nitrogens with one attached hydrogen (secondary N) is 1. The molecule has 1 N–H and O–H groups in total. The largest absolute Gasteiger partial charge is 0.490 e. The first-order valence-electron chi connectivity index (χ1n) is 7.44. The number of benzene rings is 2. The maximum absolute atomic E-state index is 10.6. The molecule has 0 aliphatic heterocycles. The van der Waals surface area contributed by atoms with E-state index in [1.54, 1.807) is 12.1 Å². The average Bonchev–Trinajstić information content (AvgIpc) is 2.59. The highest BCUT2D eigenvalue weighted by molar-refractivity contribution is 5.50. The van der Waals surface area contributed by atoms with Crippen molar-refractivity contribution in [2.75, 3.05) is 18.5 Å². The Hall–Kier alpha value is -3.20. The molecule has 6 nitrogen and oxygen atoms in total. The van der Waals surface area contributed by atoms with Gasteiger partial charge in [-0.25, -0.2) is 0 Å². The fourth-order valence-corrected chi connectivity index (χ4v) is 2.07. The maximum atomic E-state index is 10.6. The Kier molecular flexibility index (Phi) is 6.03. The Balaban J connectivity index is 2.05. The molecule has 2 aromatic carbocycles. The zero-order valence-corrected chi connectivity index (χ0v) is 13.3. The van der Waals surface area contributed by atoms with Crippen molar-refractivity contribution in [3.8, 4) is 23.8 Å². The van der Waals surface area contributed by atoms with E-state index in [4.69, 9.17) is 15.9 Å². The molecule has 0 fully saturated rings. The van der Waals surface area contributed by atoms with Crippen LogP contribution in [0.3, 0.4) is 0 Å². The third-order valence-corrected chi connectivity index (χ3v) is 3.19. The molecule has 2 rings (SSSR count). The number of nitro groups is 1. The highest BCUT2D eigenvalue weighted by atomic mass is 16.6. The summed E-state index contributed by atoms with van der Waals surface area (Å²) in [5.41, 5.74) is 1.85. The van der Waals surface area contributed by atoms with Crippen LogP contribution in [0.25, 0.3) is 0 Å². The summed E-state index contributed by atoms with van der Waals surface area (Å²) in [6, 6.07) is 11.9. The number of rotatable bonds is 8. The van der Waals surface area contributed by atoms with Crippen molar-refractivity contribution in [2.24, 2.45) is 0 Å². The second-order valence-corrected chi connectivity index (χ2v) is 4.86. The minimum Gasteiger partial charge on any atom is -0.490 e. The number of nitrogens with zero attached hydrogens (tertiary/aromatic N) is 1. The van der Waals surface area contributed by atoms with E-state index in [-0.39, 0.29) is 12.3 Å². The van der Waals surface area contributed by atoms with Gasteiger partial charge in [0.1, 0.15) is 6.61 Å². The molecule has 0 radical (unpaired) electrons. The lowest BCUT2D eigenvalue weighted by molar-refractivity contribution is -0.384. The molecule has 0 atom stereocenters. The normalized spacial score (nSPS) is 9.83. The Bertz CT molecular complexity index is 736. The summed E-state index contributed by atoms with van der Waals surface area (Å²) in [5.74, 6) is 3.66. The van der Waals surface area contributed by atoms with Crippen LogP contribution in [0, 0.1) is 22.5 Å². The Morgan fingerprint density at radius 2 is 1.92 bits per heavy atom. The van der Waals surface area contributed by atoms with Crippen molar-refractivity contribution in [3.05, 3.63) is 58.1 Å². The molecule has 0 saturated heterocycles. The zero-order valence-electron chi connectivity index (χ0n) is 13.3. The molecular weight excluding hydrogens is 308 g/mol. The average molecular weight is 326 g/mol. The molecule has 124 valence electrons. The summed E-state index contributed by atoms with van der Waals surface area (Å²) in [4.78, 5) is 10.2. The second kappa shape index (κ2) is 8.44. The van der Waals surface area contributed by atoms with Crippen molar-refractivity contribution >= 4 is 11.4 Å². The summed E-state index contributed by atoms with van der Waals surface area (Å²) in [7, 11) is 0. The van der Waals surface area contributed by atoms with Crippen LogP contribution in [0.2, 0.25) is 0 Å². The van der Waals surface area contributed by atoms with Gasteiger partial charge in [-0.2, -0.15) is 0 Å². The predicted octanol–water partition coefficient (Wildman–Crippen LogP) is 3.62. The van der Waals surface area contributed by atoms with Crippen LogP contribution in [0.4, 0.5) is 11.4 Å². The Morgan fingerprint density at radius 1 is 1.17 bits per heavy atom. The summed E-state index contributed by atoms with van der Waals surface area (Å²) < 4.78 is 11.0. The van der Waals surface area contributed by atoms with Crippen LogP contribution in [-0.2, 0) is 6.54 Å². The Morgan fingerprint density at radius 3 is 2.54 bits per heavy atom. The third kappa shape index (κ3) is 4.65. The van der Waals surface area contributed by atoms with Gasteiger partial charge in [-0.15, -0.1) is 6.42 Å². The van der Waals surface area contributed by atoms with E-state index in [0.717, 1.165) is 11.3 Å². The fraction of sp³-hybridized carbons (Fsp3) is 0.222. The standard InChI is InChI=1S/C18H18N2O4/c1-3-11-24-17-10-5-14(12-18(17)23-4-2)13-19-15-6-8-16(9-7-15)20(21)22/h1,5-10,12,19H,4,11,13H2,2H3. The third-order valence-electron chi connectivity index (χ3n) is 3.19. The van der Waals surface area contributed by atoms with Crippen molar-refractivity contribution in [3.63, 3.8) is 0 Å². The molecule has 0 unspecified atom stereocenters. The number of hydrogen-bond donors (Lipinski definition) is 1. The van der Waals surface area contributed by atoms with Gasteiger partial charge in [-0.05, 0) is 36.8 Å². The number of nitro benzene ring substituents is 1. The molecule has 0 aliphatic carbocycles. The number of ether oxygens (including phenoxy) is 2. The van der Waals surface area contributed by atoms with E-state index in [1.807, 2.05) is 25.1 Å². The zero-order chi connectivity index (χ0) is 17.4. The lowest BCUT2D eigenvalue weighted by atomic mass is 10.2. The molecule has 0 amide bonds. The molecular formula is C18H18N2O4. The molecule has 0 spiro atoms. The molecule has 0 heterocycles. The van der Waals surface area contributed by atoms with E-state index >= 15 is 0 Å². The smallest absolute Gasteiger partial charge is 0.269 e. The molecule has 0 aromatic heterocycles. The first-order chi connectivity index (χ1) is 11.6. The fourth-order valence-electron chi connectivity index (χ4n) is 2.07.